The Morgan fingerprint density at radius 3 is 2.74 bits per heavy atom. The summed E-state index contributed by atoms with van der Waals surface area (Å²) in [4.78, 5) is 22.8. The quantitative estimate of drug-likeness (QED) is 0.934. The zero-order chi connectivity index (χ0) is 16.3. The first-order chi connectivity index (χ1) is 11.1. The van der Waals surface area contributed by atoms with Crippen LogP contribution in [0.3, 0.4) is 0 Å². The van der Waals surface area contributed by atoms with E-state index in [0.29, 0.717) is 6.54 Å². The zero-order valence-corrected chi connectivity index (χ0v) is 14.3. The lowest BCUT2D eigenvalue weighted by atomic mass is 9.95. The van der Waals surface area contributed by atoms with Gasteiger partial charge >= 0.3 is 0 Å². The number of ether oxygens (including phenoxy) is 1. The molecule has 23 heavy (non-hydrogen) atoms. The molecule has 1 amide bonds. The van der Waals surface area contributed by atoms with Gasteiger partial charge in [-0.1, -0.05) is 0 Å². The normalized spacial score (nSPS) is 21.1. The van der Waals surface area contributed by atoms with Crippen molar-refractivity contribution in [3.8, 4) is 0 Å². The maximum Gasteiger partial charge on any atom is 0.261 e. The summed E-state index contributed by atoms with van der Waals surface area (Å²) < 4.78 is 5.86. The van der Waals surface area contributed by atoms with Gasteiger partial charge in [-0.25, -0.2) is 9.97 Å². The summed E-state index contributed by atoms with van der Waals surface area (Å²) in [6.45, 7) is 5.22. The van der Waals surface area contributed by atoms with Crippen molar-refractivity contribution in [2.75, 3.05) is 6.61 Å². The number of aryl methyl sites for hydroxylation is 1. The van der Waals surface area contributed by atoms with E-state index in [9.17, 15) is 4.79 Å². The van der Waals surface area contributed by atoms with E-state index in [-0.39, 0.29) is 11.5 Å². The Morgan fingerprint density at radius 2 is 2.13 bits per heavy atom. The fraction of sp³-hybridized carbons (Fsp3) is 0.471. The highest BCUT2D eigenvalue weighted by atomic mass is 32.1. The molecular formula is C17H21N3O2S. The Bertz CT molecular complexity index is 675. The molecule has 0 aromatic carbocycles. The molecule has 122 valence electrons. The smallest absolute Gasteiger partial charge is 0.261 e. The largest absolute Gasteiger partial charge is 0.367 e. The number of aromatic nitrogens is 2. The molecule has 0 aliphatic carbocycles. The maximum atomic E-state index is 12.0. The molecule has 1 N–H and O–H groups in total. The molecule has 3 heterocycles. The summed E-state index contributed by atoms with van der Waals surface area (Å²) in [6, 6.07) is 3.79. The lowest BCUT2D eigenvalue weighted by Crippen LogP contribution is -2.32. The predicted octanol–water partition coefficient (Wildman–Crippen LogP) is 3.19. The number of carbonyl (C=O) groups excluding carboxylic acids is 1. The Labute approximate surface area is 140 Å². The van der Waals surface area contributed by atoms with Crippen LogP contribution < -0.4 is 5.32 Å². The lowest BCUT2D eigenvalue weighted by molar-refractivity contribution is -0.0760. The number of rotatable bonds is 4. The molecule has 6 heteroatoms. The van der Waals surface area contributed by atoms with E-state index in [2.05, 4.69) is 15.3 Å². The first kappa shape index (κ1) is 16.1. The van der Waals surface area contributed by atoms with Crippen LogP contribution in [0.4, 0.5) is 0 Å². The Kier molecular flexibility index (Phi) is 4.73. The first-order valence-electron chi connectivity index (χ1n) is 7.87. The van der Waals surface area contributed by atoms with Gasteiger partial charge in [0.25, 0.3) is 5.91 Å². The van der Waals surface area contributed by atoms with Crippen LogP contribution in [-0.4, -0.2) is 22.5 Å². The van der Waals surface area contributed by atoms with Crippen LogP contribution in [0.1, 0.15) is 52.1 Å². The van der Waals surface area contributed by atoms with Gasteiger partial charge in [0.05, 0.1) is 4.88 Å². The number of nitrogens with zero attached hydrogens (tertiary/aromatic N) is 2. The highest BCUT2D eigenvalue weighted by molar-refractivity contribution is 7.13. The van der Waals surface area contributed by atoms with Crippen molar-refractivity contribution in [3.63, 3.8) is 0 Å². The Hall–Kier alpha value is -1.79. The molecule has 1 saturated heterocycles. The molecule has 0 unspecified atom stereocenters. The fourth-order valence-corrected chi connectivity index (χ4v) is 3.44. The molecule has 0 radical (unpaired) electrons. The van der Waals surface area contributed by atoms with E-state index in [4.69, 9.17) is 4.74 Å². The Balaban J connectivity index is 1.60. The van der Waals surface area contributed by atoms with E-state index in [0.717, 1.165) is 47.0 Å². The summed E-state index contributed by atoms with van der Waals surface area (Å²) in [7, 11) is 0. The molecule has 1 aliphatic heterocycles. The number of hydrogen-bond donors (Lipinski definition) is 1. The van der Waals surface area contributed by atoms with Crippen LogP contribution in [0, 0.1) is 6.92 Å². The molecule has 2 aromatic heterocycles. The van der Waals surface area contributed by atoms with Crippen molar-refractivity contribution >= 4 is 17.2 Å². The van der Waals surface area contributed by atoms with Crippen LogP contribution in [0.5, 0.6) is 0 Å². The second-order valence-electron chi connectivity index (χ2n) is 6.04. The third-order valence-corrected chi connectivity index (χ3v) is 5.06. The topological polar surface area (TPSA) is 64.1 Å². The molecular weight excluding hydrogens is 310 g/mol. The predicted molar refractivity (Wildman–Crippen MR) is 89.4 cm³/mol. The van der Waals surface area contributed by atoms with E-state index >= 15 is 0 Å². The summed E-state index contributed by atoms with van der Waals surface area (Å²) in [5.74, 6) is 0.663. The van der Waals surface area contributed by atoms with Crippen LogP contribution in [0.2, 0.25) is 0 Å². The number of hydrogen-bond acceptors (Lipinski definition) is 5. The van der Waals surface area contributed by atoms with E-state index in [1.165, 1.54) is 11.3 Å². The average Bonchev–Trinajstić information content (AvgIpc) is 3.00. The van der Waals surface area contributed by atoms with Crippen LogP contribution in [0.25, 0.3) is 0 Å². The standard InChI is InChI=1S/C17H21N3O2S/c1-12-5-6-14(23-12)15(21)18-9-13-10-19-16(20-11-13)17(2)7-3-4-8-22-17/h5-6,10-11H,3-4,7-9H2,1-2H3,(H,18,21)/t17-/m0/s1. The van der Waals surface area contributed by atoms with Crippen molar-refractivity contribution < 1.29 is 9.53 Å². The highest BCUT2D eigenvalue weighted by Gasteiger charge is 2.32. The summed E-state index contributed by atoms with van der Waals surface area (Å²) in [5.41, 5.74) is 0.504. The number of nitrogens with one attached hydrogen (secondary N) is 1. The van der Waals surface area contributed by atoms with Gasteiger partial charge in [-0.3, -0.25) is 4.79 Å². The van der Waals surface area contributed by atoms with Gasteiger partial charge in [0.2, 0.25) is 0 Å². The van der Waals surface area contributed by atoms with Gasteiger partial charge in [0, 0.05) is 36.0 Å². The van der Waals surface area contributed by atoms with Crippen molar-refractivity contribution in [1.82, 2.24) is 15.3 Å². The molecule has 0 spiro atoms. The van der Waals surface area contributed by atoms with Gasteiger partial charge in [-0.05, 0) is 45.2 Å². The van der Waals surface area contributed by atoms with Crippen molar-refractivity contribution in [3.05, 3.63) is 45.7 Å². The van der Waals surface area contributed by atoms with Crippen LogP contribution in [0.15, 0.2) is 24.5 Å². The van der Waals surface area contributed by atoms with E-state index < -0.39 is 0 Å². The van der Waals surface area contributed by atoms with Crippen LogP contribution >= 0.6 is 11.3 Å². The van der Waals surface area contributed by atoms with Gasteiger partial charge in [-0.15, -0.1) is 11.3 Å². The molecule has 2 aromatic rings. The number of thiophene rings is 1. The van der Waals surface area contributed by atoms with Crippen molar-refractivity contribution in [2.24, 2.45) is 0 Å². The highest BCUT2D eigenvalue weighted by Crippen LogP contribution is 2.32. The summed E-state index contributed by atoms with van der Waals surface area (Å²) >= 11 is 1.49. The van der Waals surface area contributed by atoms with Gasteiger partial charge in [0.1, 0.15) is 5.60 Å². The van der Waals surface area contributed by atoms with Crippen molar-refractivity contribution in [2.45, 2.75) is 45.3 Å². The van der Waals surface area contributed by atoms with Gasteiger partial charge in [0.15, 0.2) is 5.82 Å². The maximum absolute atomic E-state index is 12.0. The minimum Gasteiger partial charge on any atom is -0.367 e. The van der Waals surface area contributed by atoms with Gasteiger partial charge < -0.3 is 10.1 Å². The van der Waals surface area contributed by atoms with E-state index in [1.54, 1.807) is 12.4 Å². The fourth-order valence-electron chi connectivity index (χ4n) is 2.66. The molecule has 0 saturated carbocycles. The zero-order valence-electron chi connectivity index (χ0n) is 13.5. The molecule has 5 nitrogen and oxygen atoms in total. The molecule has 1 atom stereocenters. The number of amides is 1. The third-order valence-electron chi connectivity index (χ3n) is 4.06. The monoisotopic (exact) mass is 331 g/mol. The van der Waals surface area contributed by atoms with Crippen molar-refractivity contribution in [1.29, 1.82) is 0 Å². The summed E-state index contributed by atoms with van der Waals surface area (Å²) in [5, 5.41) is 2.90. The second kappa shape index (κ2) is 6.76. The minimum atomic E-state index is -0.380. The number of carbonyl (C=O) groups is 1. The second-order valence-corrected chi connectivity index (χ2v) is 7.33. The molecule has 3 rings (SSSR count). The summed E-state index contributed by atoms with van der Waals surface area (Å²) in [6.07, 6.45) is 6.72. The Morgan fingerprint density at radius 1 is 1.35 bits per heavy atom. The molecule has 1 aliphatic rings. The molecule has 0 bridgehead atoms. The minimum absolute atomic E-state index is 0.0604. The van der Waals surface area contributed by atoms with E-state index in [1.807, 2.05) is 26.0 Å². The first-order valence-corrected chi connectivity index (χ1v) is 8.68. The SMILES string of the molecule is Cc1ccc(C(=O)NCc2cnc([C@]3(C)CCCCO3)nc2)s1. The molecule has 1 fully saturated rings. The average molecular weight is 331 g/mol. The third kappa shape index (κ3) is 3.76. The lowest BCUT2D eigenvalue weighted by Gasteiger charge is -2.32. The van der Waals surface area contributed by atoms with Crippen LogP contribution in [-0.2, 0) is 16.9 Å². The van der Waals surface area contributed by atoms with Gasteiger partial charge in [-0.2, -0.15) is 0 Å².